The van der Waals surface area contributed by atoms with Crippen LogP contribution < -0.4 is 5.32 Å². The van der Waals surface area contributed by atoms with Crippen LogP contribution in [0.5, 0.6) is 0 Å². The lowest BCUT2D eigenvalue weighted by molar-refractivity contribution is 0.211. The maximum atomic E-state index is 3.56. The molecule has 0 bridgehead atoms. The molecule has 96 valence electrons. The zero-order valence-electron chi connectivity index (χ0n) is 11.8. The highest BCUT2D eigenvalue weighted by Gasteiger charge is 2.25. The summed E-state index contributed by atoms with van der Waals surface area (Å²) < 4.78 is 0. The monoisotopic (exact) mass is 225 g/mol. The van der Waals surface area contributed by atoms with E-state index in [0.717, 1.165) is 23.8 Å². The van der Waals surface area contributed by atoms with Crippen LogP contribution in [0.4, 0.5) is 0 Å². The summed E-state index contributed by atoms with van der Waals surface area (Å²) >= 11 is 0. The molecule has 1 unspecified atom stereocenters. The van der Waals surface area contributed by atoms with Gasteiger partial charge in [-0.05, 0) is 50.5 Å². The lowest BCUT2D eigenvalue weighted by atomic mass is 9.76. The molecule has 16 heavy (non-hydrogen) atoms. The van der Waals surface area contributed by atoms with E-state index in [-0.39, 0.29) is 0 Å². The maximum absolute atomic E-state index is 3.56. The predicted molar refractivity (Wildman–Crippen MR) is 72.7 cm³/mol. The molecule has 1 heteroatoms. The Morgan fingerprint density at radius 3 is 2.12 bits per heavy atom. The Hall–Kier alpha value is -0.0400. The van der Waals surface area contributed by atoms with E-state index in [1.165, 1.54) is 44.9 Å². The first-order valence-electron chi connectivity index (χ1n) is 7.34. The summed E-state index contributed by atoms with van der Waals surface area (Å²) in [5.41, 5.74) is 0. The van der Waals surface area contributed by atoms with Crippen molar-refractivity contribution in [3.8, 4) is 0 Å². The normalized spacial score (nSPS) is 28.3. The van der Waals surface area contributed by atoms with Crippen LogP contribution in [0.25, 0.3) is 0 Å². The number of nitrogens with one attached hydrogen (secondary N) is 1. The van der Waals surface area contributed by atoms with Crippen molar-refractivity contribution < 1.29 is 0 Å². The zero-order valence-corrected chi connectivity index (χ0v) is 11.8. The fourth-order valence-electron chi connectivity index (χ4n) is 3.13. The van der Waals surface area contributed by atoms with Crippen LogP contribution in [-0.4, -0.2) is 13.1 Å². The van der Waals surface area contributed by atoms with E-state index in [1.54, 1.807) is 0 Å². The SMILES string of the molecule is CCC1CCC(C(CCC(C)C)NC)CC1. The summed E-state index contributed by atoms with van der Waals surface area (Å²) in [6, 6.07) is 0.778. The number of rotatable bonds is 6. The summed E-state index contributed by atoms with van der Waals surface area (Å²) in [5, 5.41) is 3.56. The van der Waals surface area contributed by atoms with Gasteiger partial charge in [0.05, 0.1) is 0 Å². The van der Waals surface area contributed by atoms with Crippen molar-refractivity contribution in [1.82, 2.24) is 5.32 Å². The molecule has 0 aliphatic heterocycles. The molecule has 0 aromatic heterocycles. The lowest BCUT2D eigenvalue weighted by Crippen LogP contribution is -2.36. The van der Waals surface area contributed by atoms with E-state index < -0.39 is 0 Å². The van der Waals surface area contributed by atoms with Crippen LogP contribution >= 0.6 is 0 Å². The fraction of sp³-hybridized carbons (Fsp3) is 1.00. The largest absolute Gasteiger partial charge is 0.317 e. The average molecular weight is 225 g/mol. The molecule has 1 N–H and O–H groups in total. The van der Waals surface area contributed by atoms with E-state index in [4.69, 9.17) is 0 Å². The third kappa shape index (κ3) is 4.45. The highest BCUT2D eigenvalue weighted by atomic mass is 14.9. The summed E-state index contributed by atoms with van der Waals surface area (Å²) in [7, 11) is 2.15. The Bertz CT molecular complexity index is 168. The highest BCUT2D eigenvalue weighted by Crippen LogP contribution is 2.33. The van der Waals surface area contributed by atoms with Crippen LogP contribution in [0.15, 0.2) is 0 Å². The smallest absolute Gasteiger partial charge is 0.00924 e. The third-order valence-electron chi connectivity index (χ3n) is 4.46. The van der Waals surface area contributed by atoms with Crippen molar-refractivity contribution in [2.24, 2.45) is 17.8 Å². The summed E-state index contributed by atoms with van der Waals surface area (Å²) in [6.45, 7) is 7.01. The minimum Gasteiger partial charge on any atom is -0.317 e. The summed E-state index contributed by atoms with van der Waals surface area (Å²) in [6.07, 6.45) is 10.0. The average Bonchev–Trinajstić information content (AvgIpc) is 2.30. The molecule has 0 aromatic rings. The van der Waals surface area contributed by atoms with Crippen LogP contribution in [-0.2, 0) is 0 Å². The Morgan fingerprint density at radius 1 is 1.06 bits per heavy atom. The second kappa shape index (κ2) is 7.32. The lowest BCUT2D eigenvalue weighted by Gasteiger charge is -2.34. The standard InChI is InChI=1S/C15H31N/c1-5-13-7-9-14(10-8-13)15(16-4)11-6-12(2)3/h12-16H,5-11H2,1-4H3. The van der Waals surface area contributed by atoms with E-state index >= 15 is 0 Å². The molecule has 0 aromatic carbocycles. The van der Waals surface area contributed by atoms with Gasteiger partial charge in [0.15, 0.2) is 0 Å². The van der Waals surface area contributed by atoms with E-state index in [9.17, 15) is 0 Å². The highest BCUT2D eigenvalue weighted by molar-refractivity contribution is 4.81. The molecule has 1 atom stereocenters. The number of hydrogen-bond donors (Lipinski definition) is 1. The van der Waals surface area contributed by atoms with Gasteiger partial charge in [-0.15, -0.1) is 0 Å². The van der Waals surface area contributed by atoms with Gasteiger partial charge in [-0.3, -0.25) is 0 Å². The van der Waals surface area contributed by atoms with Gasteiger partial charge in [0.2, 0.25) is 0 Å². The van der Waals surface area contributed by atoms with Crippen LogP contribution in [0.1, 0.15) is 65.7 Å². The van der Waals surface area contributed by atoms with Crippen LogP contribution in [0.2, 0.25) is 0 Å². The van der Waals surface area contributed by atoms with Crippen LogP contribution in [0.3, 0.4) is 0 Å². The van der Waals surface area contributed by atoms with Crippen molar-refractivity contribution in [3.05, 3.63) is 0 Å². The van der Waals surface area contributed by atoms with Crippen molar-refractivity contribution in [1.29, 1.82) is 0 Å². The number of hydrogen-bond acceptors (Lipinski definition) is 1. The second-order valence-corrected chi connectivity index (χ2v) is 6.06. The molecule has 0 amide bonds. The Kier molecular flexibility index (Phi) is 6.41. The van der Waals surface area contributed by atoms with Crippen molar-refractivity contribution in [2.45, 2.75) is 71.8 Å². The first-order chi connectivity index (χ1) is 7.67. The molecule has 0 saturated heterocycles. The molecular formula is C15H31N. The van der Waals surface area contributed by atoms with Gasteiger partial charge in [0, 0.05) is 6.04 Å². The second-order valence-electron chi connectivity index (χ2n) is 6.06. The van der Waals surface area contributed by atoms with Crippen LogP contribution in [0, 0.1) is 17.8 Å². The maximum Gasteiger partial charge on any atom is 0.00924 e. The molecule has 0 radical (unpaired) electrons. The molecule has 0 spiro atoms. The molecular weight excluding hydrogens is 194 g/mol. The predicted octanol–water partition coefficient (Wildman–Crippen LogP) is 4.23. The molecule has 1 nitrogen and oxygen atoms in total. The summed E-state index contributed by atoms with van der Waals surface area (Å²) in [5.74, 6) is 2.83. The van der Waals surface area contributed by atoms with E-state index in [2.05, 4.69) is 33.1 Å². The molecule has 1 fully saturated rings. The molecule has 1 aliphatic carbocycles. The minimum atomic E-state index is 0.778. The first kappa shape index (κ1) is 14.0. The topological polar surface area (TPSA) is 12.0 Å². The van der Waals surface area contributed by atoms with Gasteiger partial charge in [-0.1, -0.05) is 40.0 Å². The summed E-state index contributed by atoms with van der Waals surface area (Å²) in [4.78, 5) is 0. The Balaban J connectivity index is 2.31. The van der Waals surface area contributed by atoms with Gasteiger partial charge in [-0.2, -0.15) is 0 Å². The molecule has 1 rings (SSSR count). The first-order valence-corrected chi connectivity index (χ1v) is 7.34. The minimum absolute atomic E-state index is 0.778. The van der Waals surface area contributed by atoms with Gasteiger partial charge >= 0.3 is 0 Å². The quantitative estimate of drug-likeness (QED) is 0.713. The van der Waals surface area contributed by atoms with E-state index in [1.807, 2.05) is 0 Å². The fourth-order valence-corrected chi connectivity index (χ4v) is 3.13. The Labute approximate surface area is 102 Å². The Morgan fingerprint density at radius 2 is 1.69 bits per heavy atom. The van der Waals surface area contributed by atoms with Crippen molar-refractivity contribution >= 4 is 0 Å². The van der Waals surface area contributed by atoms with Crippen molar-refractivity contribution in [3.63, 3.8) is 0 Å². The van der Waals surface area contributed by atoms with Gasteiger partial charge in [0.25, 0.3) is 0 Å². The zero-order chi connectivity index (χ0) is 12.0. The van der Waals surface area contributed by atoms with E-state index in [0.29, 0.717) is 0 Å². The third-order valence-corrected chi connectivity index (χ3v) is 4.46. The van der Waals surface area contributed by atoms with Gasteiger partial charge in [0.1, 0.15) is 0 Å². The van der Waals surface area contributed by atoms with Crippen molar-refractivity contribution in [2.75, 3.05) is 7.05 Å². The molecule has 1 saturated carbocycles. The molecule has 1 aliphatic rings. The van der Waals surface area contributed by atoms with Gasteiger partial charge in [-0.25, -0.2) is 0 Å². The molecule has 0 heterocycles. The van der Waals surface area contributed by atoms with Gasteiger partial charge < -0.3 is 5.32 Å².